The van der Waals surface area contributed by atoms with Crippen molar-refractivity contribution in [2.24, 2.45) is 5.10 Å². The lowest BCUT2D eigenvalue weighted by Crippen LogP contribution is -2.25. The molecule has 1 N–H and O–H groups in total. The Morgan fingerprint density at radius 2 is 1.94 bits per heavy atom. The van der Waals surface area contributed by atoms with Gasteiger partial charge >= 0.3 is 0 Å². The zero-order valence-corrected chi connectivity index (χ0v) is 22.4. The fourth-order valence-electron chi connectivity index (χ4n) is 3.01. The molecule has 1 aromatic heterocycles. The van der Waals surface area contributed by atoms with Crippen LogP contribution in [-0.4, -0.2) is 30.8 Å². The topological polar surface area (TPSA) is 106 Å². The maximum Gasteiger partial charge on any atom is 0.278 e. The summed E-state index contributed by atoms with van der Waals surface area (Å²) in [6.45, 7) is 1.88. The number of carbonyl (C=O) groups is 1. The predicted octanol–water partition coefficient (Wildman–Crippen LogP) is 5.59. The number of rotatable bonds is 10. The van der Waals surface area contributed by atoms with Gasteiger partial charge in [-0.25, -0.2) is 10.4 Å². The third kappa shape index (κ3) is 7.42. The van der Waals surface area contributed by atoms with Gasteiger partial charge in [-0.2, -0.15) is 10.4 Å². The number of hydrogen-bond acceptors (Lipinski definition) is 7. The van der Waals surface area contributed by atoms with Crippen molar-refractivity contribution in [1.82, 2.24) is 10.4 Å². The van der Waals surface area contributed by atoms with Crippen molar-refractivity contribution in [3.8, 4) is 17.7 Å². The van der Waals surface area contributed by atoms with Crippen LogP contribution in [0.2, 0.25) is 10.0 Å². The molecule has 36 heavy (non-hydrogen) atoms. The summed E-state index contributed by atoms with van der Waals surface area (Å²) in [5, 5.41) is 14.5. The van der Waals surface area contributed by atoms with Gasteiger partial charge in [0.15, 0.2) is 6.61 Å². The molecule has 2 aromatic carbocycles. The molecule has 0 spiro atoms. The van der Waals surface area contributed by atoms with Gasteiger partial charge in [0.1, 0.15) is 24.0 Å². The van der Waals surface area contributed by atoms with E-state index >= 15 is 0 Å². The Morgan fingerprint density at radius 1 is 1.19 bits per heavy atom. The first-order valence-corrected chi connectivity index (χ1v) is 12.1. The van der Waals surface area contributed by atoms with E-state index in [-0.39, 0.29) is 24.7 Å². The van der Waals surface area contributed by atoms with E-state index < -0.39 is 5.91 Å². The predicted molar refractivity (Wildman–Crippen MR) is 141 cm³/mol. The van der Waals surface area contributed by atoms with Crippen molar-refractivity contribution in [3.63, 3.8) is 0 Å². The van der Waals surface area contributed by atoms with Crippen LogP contribution >= 0.6 is 39.1 Å². The number of nitriles is 1. The second kappa shape index (κ2) is 13.2. The van der Waals surface area contributed by atoms with Gasteiger partial charge in [0.2, 0.25) is 5.88 Å². The molecule has 3 aromatic rings. The normalized spacial score (nSPS) is 10.8. The molecule has 0 bridgehead atoms. The molecule has 0 saturated carbocycles. The van der Waals surface area contributed by atoms with Gasteiger partial charge < -0.3 is 14.2 Å². The molecule has 0 atom stereocenters. The molecule has 0 fully saturated rings. The van der Waals surface area contributed by atoms with Crippen molar-refractivity contribution < 1.29 is 19.0 Å². The van der Waals surface area contributed by atoms with Gasteiger partial charge in [-0.3, -0.25) is 4.79 Å². The van der Waals surface area contributed by atoms with Crippen molar-refractivity contribution in [1.29, 1.82) is 5.26 Å². The number of methoxy groups -OCH3 is 1. The Labute approximate surface area is 226 Å². The summed E-state index contributed by atoms with van der Waals surface area (Å²) < 4.78 is 17.0. The lowest BCUT2D eigenvalue weighted by atomic mass is 10.1. The van der Waals surface area contributed by atoms with E-state index in [1.54, 1.807) is 43.3 Å². The standard InChI is InChI=1S/C25H21BrCl2N4O4/c1-15-24(26)21(13-34-2)20(10-29)25(31-15)36-14-23(33)32-30-11-16-3-7-19(8-4-16)35-12-17-5-6-18(27)9-22(17)28/h3-9,11H,12-14H2,1-2H3,(H,32,33). The number of nitrogens with zero attached hydrogens (tertiary/aromatic N) is 3. The van der Waals surface area contributed by atoms with Crippen molar-refractivity contribution in [2.75, 3.05) is 13.7 Å². The number of hydrazone groups is 1. The first-order chi connectivity index (χ1) is 17.3. The highest BCUT2D eigenvalue weighted by Gasteiger charge is 2.18. The molecular formula is C25H21BrCl2N4O4. The number of carbonyl (C=O) groups excluding carboxylic acids is 1. The van der Waals surface area contributed by atoms with E-state index in [0.29, 0.717) is 38.1 Å². The lowest BCUT2D eigenvalue weighted by molar-refractivity contribution is -0.123. The number of amides is 1. The van der Waals surface area contributed by atoms with Crippen LogP contribution in [0.15, 0.2) is 52.0 Å². The fraction of sp³-hybridized carbons (Fsp3) is 0.200. The molecule has 3 rings (SSSR count). The molecule has 0 radical (unpaired) electrons. The highest BCUT2D eigenvalue weighted by Crippen LogP contribution is 2.30. The summed E-state index contributed by atoms with van der Waals surface area (Å²) in [4.78, 5) is 16.4. The average molecular weight is 592 g/mol. The summed E-state index contributed by atoms with van der Waals surface area (Å²) >= 11 is 15.5. The number of halogens is 3. The minimum Gasteiger partial charge on any atom is -0.489 e. The second-order valence-electron chi connectivity index (χ2n) is 7.39. The van der Waals surface area contributed by atoms with Gasteiger partial charge in [0.25, 0.3) is 5.91 Å². The van der Waals surface area contributed by atoms with E-state index in [9.17, 15) is 10.1 Å². The Kier molecular flexibility index (Phi) is 10.1. The number of nitrogens with one attached hydrogen (secondary N) is 1. The smallest absolute Gasteiger partial charge is 0.278 e. The quantitative estimate of drug-likeness (QED) is 0.243. The van der Waals surface area contributed by atoms with Crippen LogP contribution in [0.1, 0.15) is 27.9 Å². The molecule has 0 saturated heterocycles. The monoisotopic (exact) mass is 590 g/mol. The van der Waals surface area contributed by atoms with Crippen LogP contribution in [-0.2, 0) is 22.7 Å². The van der Waals surface area contributed by atoms with E-state index in [1.807, 2.05) is 6.07 Å². The van der Waals surface area contributed by atoms with Crippen molar-refractivity contribution in [2.45, 2.75) is 20.1 Å². The summed E-state index contributed by atoms with van der Waals surface area (Å²) in [6.07, 6.45) is 1.48. The number of aryl methyl sites for hydroxylation is 1. The third-order valence-corrected chi connectivity index (χ3v) is 6.44. The SMILES string of the molecule is COCc1c(Br)c(C)nc(OCC(=O)NN=Cc2ccc(OCc3ccc(Cl)cc3Cl)cc2)c1C#N. The van der Waals surface area contributed by atoms with Crippen molar-refractivity contribution in [3.05, 3.63) is 84.9 Å². The van der Waals surface area contributed by atoms with Gasteiger partial charge in [-0.15, -0.1) is 0 Å². The zero-order chi connectivity index (χ0) is 26.1. The second-order valence-corrected chi connectivity index (χ2v) is 9.03. The van der Waals surface area contributed by atoms with Crippen molar-refractivity contribution >= 4 is 51.3 Å². The number of benzene rings is 2. The highest BCUT2D eigenvalue weighted by molar-refractivity contribution is 9.10. The van der Waals surface area contributed by atoms with Crippen LogP contribution in [0.5, 0.6) is 11.6 Å². The maximum atomic E-state index is 12.2. The number of aromatic nitrogens is 1. The minimum atomic E-state index is -0.509. The average Bonchev–Trinajstić information content (AvgIpc) is 2.86. The zero-order valence-electron chi connectivity index (χ0n) is 19.3. The van der Waals surface area contributed by atoms with Gasteiger partial charge in [-0.05, 0) is 64.8 Å². The Morgan fingerprint density at radius 3 is 2.61 bits per heavy atom. The summed E-state index contributed by atoms with van der Waals surface area (Å²) in [6, 6.07) is 14.4. The molecule has 11 heteroatoms. The summed E-state index contributed by atoms with van der Waals surface area (Å²) in [7, 11) is 1.52. The number of ether oxygens (including phenoxy) is 3. The molecule has 186 valence electrons. The van der Waals surface area contributed by atoms with Crippen LogP contribution < -0.4 is 14.9 Å². The van der Waals surface area contributed by atoms with E-state index in [2.05, 4.69) is 37.5 Å². The van der Waals surface area contributed by atoms with Gasteiger partial charge in [0.05, 0.1) is 18.5 Å². The molecule has 8 nitrogen and oxygen atoms in total. The molecular weight excluding hydrogens is 571 g/mol. The minimum absolute atomic E-state index is 0.0554. The first-order valence-electron chi connectivity index (χ1n) is 10.5. The molecule has 1 amide bonds. The maximum absolute atomic E-state index is 12.2. The van der Waals surface area contributed by atoms with E-state index in [0.717, 1.165) is 11.1 Å². The van der Waals surface area contributed by atoms with Crippen LogP contribution in [0, 0.1) is 18.3 Å². The van der Waals surface area contributed by atoms with Crippen LogP contribution in [0.3, 0.4) is 0 Å². The van der Waals surface area contributed by atoms with E-state index in [1.165, 1.54) is 13.3 Å². The first kappa shape index (κ1) is 27.4. The molecule has 0 aliphatic carbocycles. The third-order valence-electron chi connectivity index (χ3n) is 4.80. The van der Waals surface area contributed by atoms with E-state index in [4.69, 9.17) is 37.4 Å². The number of pyridine rings is 1. The molecule has 0 unspecified atom stereocenters. The van der Waals surface area contributed by atoms with Crippen LogP contribution in [0.4, 0.5) is 0 Å². The van der Waals surface area contributed by atoms with Gasteiger partial charge in [-0.1, -0.05) is 29.3 Å². The molecule has 0 aliphatic rings. The largest absolute Gasteiger partial charge is 0.489 e. The van der Waals surface area contributed by atoms with Crippen LogP contribution in [0.25, 0.3) is 0 Å². The Bertz CT molecular complexity index is 1310. The lowest BCUT2D eigenvalue weighted by Gasteiger charge is -2.13. The fourth-order valence-corrected chi connectivity index (χ4v) is 3.87. The molecule has 1 heterocycles. The Balaban J connectivity index is 1.52. The van der Waals surface area contributed by atoms with Gasteiger partial charge in [0, 0.05) is 32.8 Å². The molecule has 0 aliphatic heterocycles. The summed E-state index contributed by atoms with van der Waals surface area (Å²) in [5.74, 6) is 0.194. The number of hydrogen-bond donors (Lipinski definition) is 1. The summed E-state index contributed by atoms with van der Waals surface area (Å²) in [5.41, 5.74) is 5.36. The Hall–Kier alpha value is -3.16. The highest BCUT2D eigenvalue weighted by atomic mass is 79.9.